The number of rotatable bonds is 2. The molecule has 1 saturated heterocycles. The molecule has 1 fully saturated rings. The lowest BCUT2D eigenvalue weighted by atomic mass is 9.93. The van der Waals surface area contributed by atoms with Crippen LogP contribution in [-0.2, 0) is 11.7 Å². The number of pyridine rings is 1. The highest BCUT2D eigenvalue weighted by Crippen LogP contribution is 2.34. The second kappa shape index (κ2) is 4.44. The molecule has 2 aromatic heterocycles. The highest BCUT2D eigenvalue weighted by molar-refractivity contribution is 5.41. The van der Waals surface area contributed by atoms with Gasteiger partial charge in [0.1, 0.15) is 0 Å². The summed E-state index contributed by atoms with van der Waals surface area (Å²) in [4.78, 5) is 0. The summed E-state index contributed by atoms with van der Waals surface area (Å²) >= 11 is 0. The van der Waals surface area contributed by atoms with E-state index < -0.39 is 11.7 Å². The van der Waals surface area contributed by atoms with Crippen molar-refractivity contribution in [3.63, 3.8) is 0 Å². The molecule has 1 aliphatic heterocycles. The Morgan fingerprint density at radius 3 is 2.75 bits per heavy atom. The number of fused-ring (bicyclic) bond motifs is 1. The largest absolute Gasteiger partial charge is 0.417 e. The van der Waals surface area contributed by atoms with Crippen molar-refractivity contribution in [1.29, 1.82) is 0 Å². The van der Waals surface area contributed by atoms with Gasteiger partial charge in [0.25, 0.3) is 0 Å². The molecule has 0 amide bonds. The van der Waals surface area contributed by atoms with Gasteiger partial charge in [0.05, 0.1) is 11.1 Å². The molecule has 0 radical (unpaired) electrons. The van der Waals surface area contributed by atoms with Crippen LogP contribution in [0.15, 0.2) is 18.3 Å². The number of alkyl halides is 3. The zero-order valence-electron chi connectivity index (χ0n) is 11.0. The molecule has 0 aromatic carbocycles. The van der Waals surface area contributed by atoms with Gasteiger partial charge >= 0.3 is 6.18 Å². The van der Waals surface area contributed by atoms with Crippen LogP contribution in [0.3, 0.4) is 0 Å². The molecule has 2 aromatic rings. The molecule has 20 heavy (non-hydrogen) atoms. The van der Waals surface area contributed by atoms with Gasteiger partial charge in [0, 0.05) is 6.20 Å². The van der Waals surface area contributed by atoms with Crippen molar-refractivity contribution < 1.29 is 13.2 Å². The second-order valence-electron chi connectivity index (χ2n) is 5.13. The maximum atomic E-state index is 12.8. The lowest BCUT2D eigenvalue weighted by Crippen LogP contribution is -2.38. The van der Waals surface area contributed by atoms with Crippen LogP contribution in [0.4, 0.5) is 13.2 Å². The fourth-order valence-corrected chi connectivity index (χ4v) is 2.84. The van der Waals surface area contributed by atoms with Crippen LogP contribution in [0.5, 0.6) is 0 Å². The summed E-state index contributed by atoms with van der Waals surface area (Å²) < 4.78 is 40.0. The molecule has 0 aliphatic carbocycles. The average molecular weight is 284 g/mol. The van der Waals surface area contributed by atoms with Gasteiger partial charge in [0.15, 0.2) is 11.5 Å². The SMILES string of the molecule is CCC1(c2nnc3ccc(C(F)(F)F)cn23)CCCN1. The van der Waals surface area contributed by atoms with Crippen molar-refractivity contribution in [2.45, 2.75) is 37.9 Å². The van der Waals surface area contributed by atoms with Crippen LogP contribution in [0, 0.1) is 0 Å². The molecule has 108 valence electrons. The number of hydrogen-bond donors (Lipinski definition) is 1. The Balaban J connectivity index is 2.16. The van der Waals surface area contributed by atoms with Gasteiger partial charge in [-0.05, 0) is 37.9 Å². The summed E-state index contributed by atoms with van der Waals surface area (Å²) in [6.45, 7) is 2.86. The third kappa shape index (κ3) is 1.96. The lowest BCUT2D eigenvalue weighted by molar-refractivity contribution is -0.137. The van der Waals surface area contributed by atoms with E-state index in [1.54, 1.807) is 0 Å². The predicted octanol–water partition coefficient (Wildman–Crippen LogP) is 2.74. The zero-order chi connectivity index (χ0) is 14.4. The lowest BCUT2D eigenvalue weighted by Gasteiger charge is -2.26. The maximum absolute atomic E-state index is 12.8. The summed E-state index contributed by atoms with van der Waals surface area (Å²) in [5.41, 5.74) is -0.617. The van der Waals surface area contributed by atoms with Crippen LogP contribution in [0.1, 0.15) is 37.6 Å². The van der Waals surface area contributed by atoms with Crippen LogP contribution < -0.4 is 5.32 Å². The number of hydrogen-bond acceptors (Lipinski definition) is 3. The Kier molecular flexibility index (Phi) is 2.97. The van der Waals surface area contributed by atoms with Crippen LogP contribution in [0.25, 0.3) is 5.65 Å². The second-order valence-corrected chi connectivity index (χ2v) is 5.13. The van der Waals surface area contributed by atoms with Gasteiger partial charge in [-0.15, -0.1) is 10.2 Å². The molecule has 7 heteroatoms. The first kappa shape index (κ1) is 13.4. The summed E-state index contributed by atoms with van der Waals surface area (Å²) in [5, 5.41) is 11.5. The molecule has 3 rings (SSSR count). The predicted molar refractivity (Wildman–Crippen MR) is 67.2 cm³/mol. The Labute approximate surface area is 114 Å². The molecule has 1 unspecified atom stereocenters. The standard InChI is InChI=1S/C13H15F3N4/c1-2-12(6-3-7-17-12)11-19-18-10-5-4-9(8-20(10)11)13(14,15)16/h4-5,8,17H,2-3,6-7H2,1H3. The first-order valence-corrected chi connectivity index (χ1v) is 6.64. The van der Waals surface area contributed by atoms with Crippen molar-refractivity contribution >= 4 is 5.65 Å². The molecule has 1 N–H and O–H groups in total. The Bertz CT molecular complexity index is 626. The van der Waals surface area contributed by atoms with E-state index in [9.17, 15) is 13.2 Å². The van der Waals surface area contributed by atoms with Crippen molar-refractivity contribution in [2.24, 2.45) is 0 Å². The topological polar surface area (TPSA) is 42.2 Å². The van der Waals surface area contributed by atoms with Gasteiger partial charge in [0.2, 0.25) is 0 Å². The summed E-state index contributed by atoms with van der Waals surface area (Å²) in [6, 6.07) is 2.39. The average Bonchev–Trinajstić information content (AvgIpc) is 3.04. The third-order valence-corrected chi connectivity index (χ3v) is 4.00. The molecule has 0 saturated carbocycles. The van der Waals surface area contributed by atoms with Gasteiger partial charge in [-0.2, -0.15) is 13.2 Å². The third-order valence-electron chi connectivity index (χ3n) is 4.00. The van der Waals surface area contributed by atoms with Crippen molar-refractivity contribution in [3.05, 3.63) is 29.7 Å². The van der Waals surface area contributed by atoms with E-state index in [-0.39, 0.29) is 5.54 Å². The first-order valence-electron chi connectivity index (χ1n) is 6.64. The van der Waals surface area contributed by atoms with E-state index in [0.717, 1.165) is 38.1 Å². The van der Waals surface area contributed by atoms with Crippen LogP contribution in [0.2, 0.25) is 0 Å². The van der Waals surface area contributed by atoms with Gasteiger partial charge in [-0.25, -0.2) is 0 Å². The molecule has 0 spiro atoms. The molecule has 3 heterocycles. The van der Waals surface area contributed by atoms with Crippen LogP contribution in [-0.4, -0.2) is 21.1 Å². The van der Waals surface area contributed by atoms with E-state index in [1.807, 2.05) is 6.92 Å². The number of nitrogens with zero attached hydrogens (tertiary/aromatic N) is 3. The smallest absolute Gasteiger partial charge is 0.305 e. The number of halogens is 3. The Morgan fingerprint density at radius 2 is 2.15 bits per heavy atom. The highest BCUT2D eigenvalue weighted by atomic mass is 19.4. The molecule has 1 aliphatic rings. The zero-order valence-corrected chi connectivity index (χ0v) is 11.0. The summed E-state index contributed by atoms with van der Waals surface area (Å²) in [7, 11) is 0. The minimum atomic E-state index is -4.36. The van der Waals surface area contributed by atoms with E-state index in [4.69, 9.17) is 0 Å². The molecule has 0 bridgehead atoms. The van der Waals surface area contributed by atoms with Gasteiger partial charge < -0.3 is 5.32 Å². The van der Waals surface area contributed by atoms with Crippen molar-refractivity contribution in [2.75, 3.05) is 6.54 Å². The summed E-state index contributed by atoms with van der Waals surface area (Å²) in [5.74, 6) is 0.568. The first-order chi connectivity index (χ1) is 9.46. The fraction of sp³-hybridized carbons (Fsp3) is 0.538. The van der Waals surface area contributed by atoms with Crippen molar-refractivity contribution in [3.8, 4) is 0 Å². The van der Waals surface area contributed by atoms with Crippen LogP contribution >= 0.6 is 0 Å². The van der Waals surface area contributed by atoms with Gasteiger partial charge in [-0.1, -0.05) is 6.92 Å². The normalized spacial score (nSPS) is 23.6. The Hall–Kier alpha value is -1.63. The minimum absolute atomic E-state index is 0.371. The number of aromatic nitrogens is 3. The van der Waals surface area contributed by atoms with E-state index in [1.165, 1.54) is 10.5 Å². The molecule has 1 atom stereocenters. The highest BCUT2D eigenvalue weighted by Gasteiger charge is 2.38. The van der Waals surface area contributed by atoms with Crippen molar-refractivity contribution in [1.82, 2.24) is 19.9 Å². The summed E-state index contributed by atoms with van der Waals surface area (Å²) in [6.07, 6.45) is -0.660. The van der Waals surface area contributed by atoms with E-state index in [2.05, 4.69) is 15.5 Å². The monoisotopic (exact) mass is 284 g/mol. The maximum Gasteiger partial charge on any atom is 0.417 e. The molecular formula is C13H15F3N4. The molecular weight excluding hydrogens is 269 g/mol. The van der Waals surface area contributed by atoms with Gasteiger partial charge in [-0.3, -0.25) is 4.40 Å². The van der Waals surface area contributed by atoms with E-state index >= 15 is 0 Å². The molecule has 4 nitrogen and oxygen atoms in total. The Morgan fingerprint density at radius 1 is 1.35 bits per heavy atom. The number of nitrogens with one attached hydrogen (secondary N) is 1. The minimum Gasteiger partial charge on any atom is -0.305 e. The fourth-order valence-electron chi connectivity index (χ4n) is 2.84. The quantitative estimate of drug-likeness (QED) is 0.922. The van der Waals surface area contributed by atoms with E-state index in [0.29, 0.717) is 11.5 Å².